The maximum atomic E-state index is 13.5. The van der Waals surface area contributed by atoms with E-state index in [9.17, 15) is 4.39 Å². The van der Waals surface area contributed by atoms with Gasteiger partial charge in [0.15, 0.2) is 5.84 Å². The topological polar surface area (TPSA) is 61.1 Å². The first kappa shape index (κ1) is 24.2. The monoisotopic (exact) mass is 476 g/mol. The minimum atomic E-state index is -0.832. The number of methoxy groups -OCH3 is 2. The Bertz CT molecular complexity index is 1210. The van der Waals surface area contributed by atoms with E-state index in [1.165, 1.54) is 12.1 Å². The molecule has 0 spiro atoms. The smallest absolute Gasteiger partial charge is 0.234 e. The number of oxime groups is 1. The average Bonchev–Trinajstić information content (AvgIpc) is 3.52. The maximum absolute atomic E-state index is 13.5. The minimum Gasteiger partial charge on any atom is -0.495 e. The molecule has 1 aliphatic heterocycles. The molecule has 2 aromatic carbocycles. The van der Waals surface area contributed by atoms with Crippen LogP contribution in [0.15, 0.2) is 84.6 Å². The summed E-state index contributed by atoms with van der Waals surface area (Å²) < 4.78 is 26.2. The van der Waals surface area contributed by atoms with Crippen molar-refractivity contribution in [2.24, 2.45) is 5.16 Å². The molecule has 1 aromatic heterocycles. The van der Waals surface area contributed by atoms with Gasteiger partial charge in [-0.3, -0.25) is 0 Å². The van der Waals surface area contributed by atoms with Gasteiger partial charge in [0.1, 0.15) is 11.6 Å². The van der Waals surface area contributed by atoms with Crippen molar-refractivity contribution in [2.75, 3.05) is 27.4 Å². The summed E-state index contributed by atoms with van der Waals surface area (Å²) in [7, 11) is 3.33. The zero-order valence-electron chi connectivity index (χ0n) is 20.1. The standard InChI is InChI=1S/C27H29FN4O3/c1-27(22-10-12-23(28)13-11-22)32(16-6-18-33-2)26(30-35-27)8-5-4-7-21-9-14-24(25(19-21)34-3)31-17-15-29-20-31/h4-5,7-15,17,19-20H,6,16,18H2,1-3H3/b7-4+,8-5+. The van der Waals surface area contributed by atoms with Crippen LogP contribution in [0.25, 0.3) is 11.8 Å². The van der Waals surface area contributed by atoms with Crippen LogP contribution in [0.1, 0.15) is 24.5 Å². The highest BCUT2D eigenvalue weighted by Gasteiger charge is 2.42. The molecule has 1 atom stereocenters. The Labute approximate surface area is 204 Å². The molecule has 35 heavy (non-hydrogen) atoms. The van der Waals surface area contributed by atoms with E-state index < -0.39 is 5.72 Å². The molecule has 4 rings (SSSR count). The molecule has 0 saturated carbocycles. The van der Waals surface area contributed by atoms with Crippen molar-refractivity contribution < 1.29 is 18.7 Å². The maximum Gasteiger partial charge on any atom is 0.234 e. The fourth-order valence-electron chi connectivity index (χ4n) is 3.96. The molecule has 1 unspecified atom stereocenters. The lowest BCUT2D eigenvalue weighted by Gasteiger charge is -2.34. The number of allylic oxidation sites excluding steroid dienone is 2. The SMILES string of the molecule is COCCCN1C(/C=C/C=C/c2ccc(-n3ccnc3)c(OC)c2)=NOC1(C)c1ccc(F)cc1. The van der Waals surface area contributed by atoms with Gasteiger partial charge in [0.25, 0.3) is 0 Å². The minimum absolute atomic E-state index is 0.290. The van der Waals surface area contributed by atoms with Gasteiger partial charge in [-0.05, 0) is 42.3 Å². The average molecular weight is 477 g/mol. The lowest BCUT2D eigenvalue weighted by atomic mass is 10.0. The second-order valence-corrected chi connectivity index (χ2v) is 8.15. The van der Waals surface area contributed by atoms with Gasteiger partial charge in [-0.2, -0.15) is 0 Å². The van der Waals surface area contributed by atoms with E-state index in [2.05, 4.69) is 15.0 Å². The Morgan fingerprint density at radius 1 is 1.09 bits per heavy atom. The summed E-state index contributed by atoms with van der Waals surface area (Å²) in [5.41, 5.74) is 1.90. The van der Waals surface area contributed by atoms with E-state index in [0.717, 1.165) is 29.0 Å². The van der Waals surface area contributed by atoms with Crippen molar-refractivity contribution in [3.8, 4) is 11.4 Å². The molecule has 7 nitrogen and oxygen atoms in total. The molecule has 0 saturated heterocycles. The number of halogens is 1. The van der Waals surface area contributed by atoms with Gasteiger partial charge in [0, 0.05) is 45.1 Å². The van der Waals surface area contributed by atoms with Crippen molar-refractivity contribution in [2.45, 2.75) is 19.1 Å². The van der Waals surface area contributed by atoms with Crippen molar-refractivity contribution >= 4 is 11.9 Å². The highest BCUT2D eigenvalue weighted by atomic mass is 19.1. The van der Waals surface area contributed by atoms with Crippen LogP contribution in [0.3, 0.4) is 0 Å². The second kappa shape index (κ2) is 11.0. The van der Waals surface area contributed by atoms with E-state index in [4.69, 9.17) is 14.3 Å². The largest absolute Gasteiger partial charge is 0.495 e. The fraction of sp³-hybridized carbons (Fsp3) is 0.259. The van der Waals surface area contributed by atoms with Gasteiger partial charge >= 0.3 is 0 Å². The molecule has 0 fully saturated rings. The zero-order valence-corrected chi connectivity index (χ0v) is 20.1. The third kappa shape index (κ3) is 5.44. The Kier molecular flexibility index (Phi) is 7.62. The number of amidine groups is 1. The van der Waals surface area contributed by atoms with Gasteiger partial charge in [0.05, 0.1) is 19.1 Å². The zero-order chi connectivity index (χ0) is 24.7. The fourth-order valence-corrected chi connectivity index (χ4v) is 3.96. The third-order valence-electron chi connectivity index (χ3n) is 5.85. The van der Waals surface area contributed by atoms with Crippen LogP contribution in [0.2, 0.25) is 0 Å². The van der Waals surface area contributed by atoms with Crippen LogP contribution >= 0.6 is 0 Å². The number of benzene rings is 2. The molecule has 2 heterocycles. The molecular weight excluding hydrogens is 447 g/mol. The summed E-state index contributed by atoms with van der Waals surface area (Å²) in [4.78, 5) is 12.0. The predicted octanol–water partition coefficient (Wildman–Crippen LogP) is 5.14. The molecule has 0 radical (unpaired) electrons. The highest BCUT2D eigenvalue weighted by molar-refractivity contribution is 5.94. The molecule has 0 N–H and O–H groups in total. The number of imidazole rings is 1. The van der Waals surface area contributed by atoms with E-state index in [0.29, 0.717) is 19.0 Å². The number of hydrogen-bond donors (Lipinski definition) is 0. The summed E-state index contributed by atoms with van der Waals surface area (Å²) in [5, 5.41) is 4.32. The van der Waals surface area contributed by atoms with E-state index in [1.54, 1.807) is 38.9 Å². The summed E-state index contributed by atoms with van der Waals surface area (Å²) in [5.74, 6) is 1.15. The predicted molar refractivity (Wildman–Crippen MR) is 134 cm³/mol. The van der Waals surface area contributed by atoms with Crippen LogP contribution in [0.4, 0.5) is 4.39 Å². The Balaban J connectivity index is 1.49. The van der Waals surface area contributed by atoms with Crippen LogP contribution in [0, 0.1) is 5.82 Å². The number of nitrogens with zero attached hydrogens (tertiary/aromatic N) is 4. The van der Waals surface area contributed by atoms with E-state index in [-0.39, 0.29) is 5.82 Å². The quantitative estimate of drug-likeness (QED) is 0.299. The normalized spacial score (nSPS) is 17.8. The van der Waals surface area contributed by atoms with Gasteiger partial charge in [0.2, 0.25) is 5.72 Å². The molecular formula is C27H29FN4O3. The molecule has 182 valence electrons. The van der Waals surface area contributed by atoms with Crippen molar-refractivity contribution in [3.05, 3.63) is 96.4 Å². The van der Waals surface area contributed by atoms with Gasteiger partial charge in [-0.1, -0.05) is 41.6 Å². The van der Waals surface area contributed by atoms with Crippen LogP contribution in [-0.4, -0.2) is 47.7 Å². The molecule has 1 aliphatic rings. The van der Waals surface area contributed by atoms with E-state index >= 15 is 0 Å². The molecule has 0 aliphatic carbocycles. The number of aromatic nitrogens is 2. The Morgan fingerprint density at radius 3 is 2.60 bits per heavy atom. The lowest BCUT2D eigenvalue weighted by molar-refractivity contribution is -0.0915. The van der Waals surface area contributed by atoms with Crippen molar-refractivity contribution in [3.63, 3.8) is 0 Å². The summed E-state index contributed by atoms with van der Waals surface area (Å²) in [6.45, 7) is 3.21. The van der Waals surface area contributed by atoms with Crippen LogP contribution in [0.5, 0.6) is 5.75 Å². The van der Waals surface area contributed by atoms with Crippen molar-refractivity contribution in [1.29, 1.82) is 0 Å². The third-order valence-corrected chi connectivity index (χ3v) is 5.85. The highest BCUT2D eigenvalue weighted by Crippen LogP contribution is 2.35. The van der Waals surface area contributed by atoms with Crippen molar-refractivity contribution in [1.82, 2.24) is 14.5 Å². The molecule has 0 bridgehead atoms. The second-order valence-electron chi connectivity index (χ2n) is 8.15. The van der Waals surface area contributed by atoms with Crippen LogP contribution < -0.4 is 4.74 Å². The Hall–Kier alpha value is -3.91. The van der Waals surface area contributed by atoms with E-state index in [1.807, 2.05) is 60.2 Å². The number of hydrogen-bond acceptors (Lipinski definition) is 6. The summed E-state index contributed by atoms with van der Waals surface area (Å²) in [6.07, 6.45) is 13.9. The van der Waals surface area contributed by atoms with Gasteiger partial charge < -0.3 is 23.8 Å². The molecule has 3 aromatic rings. The number of ether oxygens (including phenoxy) is 2. The first-order valence-corrected chi connectivity index (χ1v) is 11.3. The van der Waals surface area contributed by atoms with Gasteiger partial charge in [-0.25, -0.2) is 9.37 Å². The molecule has 8 heteroatoms. The lowest BCUT2D eigenvalue weighted by Crippen LogP contribution is -2.44. The summed E-state index contributed by atoms with van der Waals surface area (Å²) >= 11 is 0. The first-order chi connectivity index (χ1) is 17.0. The number of rotatable bonds is 10. The Morgan fingerprint density at radius 2 is 1.89 bits per heavy atom. The first-order valence-electron chi connectivity index (χ1n) is 11.3. The van der Waals surface area contributed by atoms with Crippen LogP contribution in [-0.2, 0) is 15.3 Å². The molecule has 0 amide bonds. The summed E-state index contributed by atoms with van der Waals surface area (Å²) in [6, 6.07) is 12.3. The van der Waals surface area contributed by atoms with Gasteiger partial charge in [-0.15, -0.1) is 0 Å².